The van der Waals surface area contributed by atoms with Crippen LogP contribution in [-0.4, -0.2) is 28.2 Å². The van der Waals surface area contributed by atoms with Crippen molar-refractivity contribution in [2.45, 2.75) is 71.1 Å². The Bertz CT molecular complexity index is 2140. The van der Waals surface area contributed by atoms with Gasteiger partial charge in [0.2, 0.25) is 5.71 Å². The Morgan fingerprint density at radius 3 is 2.39 bits per heavy atom. The molecule has 0 aliphatic rings. The molecule has 6 rings (SSSR count). The van der Waals surface area contributed by atoms with Crippen LogP contribution >= 0.6 is 0 Å². The number of hydrogen-bond donors (Lipinski definition) is 0. The average Bonchev–Trinajstić information content (AvgIpc) is 3.37. The van der Waals surface area contributed by atoms with Gasteiger partial charge in [-0.15, -0.1) is 18.2 Å². The number of hydrogen-bond acceptors (Lipinski definition) is 4. The quantitative estimate of drug-likeness (QED) is 0.124. The van der Waals surface area contributed by atoms with Crippen molar-refractivity contribution in [2.75, 3.05) is 0 Å². The summed E-state index contributed by atoms with van der Waals surface area (Å²) >= 11 is -2.08. The average molecular weight is 857 g/mol. The number of pyridine rings is 3. The van der Waals surface area contributed by atoms with Gasteiger partial charge in [0.25, 0.3) is 0 Å². The second kappa shape index (κ2) is 14.7. The number of nitrogens with zero attached hydrogens (tertiary/aromatic N) is 3. The number of aromatic nitrogens is 3. The van der Waals surface area contributed by atoms with Gasteiger partial charge in [0.05, 0.1) is 5.58 Å². The smallest absolute Gasteiger partial charge is 0 e. The number of fused-ring (bicyclic) bond motifs is 3. The van der Waals surface area contributed by atoms with E-state index >= 15 is 0 Å². The molecular weight excluding hydrogens is 810 g/mol. The van der Waals surface area contributed by atoms with Crippen molar-refractivity contribution in [3.8, 4) is 22.5 Å². The first-order valence-corrected chi connectivity index (χ1v) is 22.6. The van der Waals surface area contributed by atoms with Crippen molar-refractivity contribution in [3.63, 3.8) is 0 Å². The maximum Gasteiger partial charge on any atom is 0 e. The van der Waals surface area contributed by atoms with E-state index in [2.05, 4.69) is 58.2 Å². The standard InChI is InChI=1S/C20H17N2O.C19H25FGeN.Ir/c1-12(2)14-9-10-21-18(11-14)17-6-4-5-15-16-8-7-13(3)22-20(16)23-19(15)17;1-13(2)9-15-11-19(22-12-18(15)21(4,5)6)16-8-7-14(3)10-17(16)20;/h4-5,7-12H,1-3H3;7,10-13H,9H2,1-6H3;/q2*-1;/i12D;3D3;. The summed E-state index contributed by atoms with van der Waals surface area (Å²) in [5.74, 6) is 6.17. The maximum absolute atomic E-state index is 14.5. The third kappa shape index (κ3) is 8.02. The van der Waals surface area contributed by atoms with Crippen molar-refractivity contribution < 1.29 is 34.4 Å². The summed E-state index contributed by atoms with van der Waals surface area (Å²) in [5.41, 5.74) is 6.67. The number of aryl methyl sites for hydroxylation is 2. The molecule has 0 atom stereocenters. The fraction of sp³-hybridized carbons (Fsp3) is 0.308. The van der Waals surface area contributed by atoms with E-state index < -0.39 is 31.8 Å². The van der Waals surface area contributed by atoms with Crippen LogP contribution in [0.5, 0.6) is 0 Å². The van der Waals surface area contributed by atoms with E-state index in [1.54, 1.807) is 6.20 Å². The Labute approximate surface area is 294 Å². The molecule has 4 nitrogen and oxygen atoms in total. The predicted molar refractivity (Wildman–Crippen MR) is 187 cm³/mol. The van der Waals surface area contributed by atoms with Gasteiger partial charge in [0.15, 0.2) is 0 Å². The molecule has 0 bridgehead atoms. The van der Waals surface area contributed by atoms with Gasteiger partial charge in [-0.2, -0.15) is 0 Å². The van der Waals surface area contributed by atoms with Crippen LogP contribution in [0, 0.1) is 37.6 Å². The Morgan fingerprint density at radius 1 is 0.957 bits per heavy atom. The molecule has 0 saturated heterocycles. The molecule has 4 heterocycles. The summed E-state index contributed by atoms with van der Waals surface area (Å²) in [6.45, 7) is 7.67. The van der Waals surface area contributed by atoms with E-state index in [-0.39, 0.29) is 31.2 Å². The van der Waals surface area contributed by atoms with Crippen LogP contribution in [0.3, 0.4) is 0 Å². The van der Waals surface area contributed by atoms with Gasteiger partial charge in [-0.1, -0.05) is 36.4 Å². The van der Waals surface area contributed by atoms with Crippen molar-refractivity contribution >= 4 is 39.7 Å². The molecule has 2 aromatic carbocycles. The number of halogens is 1. The van der Waals surface area contributed by atoms with Gasteiger partial charge in [-0.25, -0.2) is 4.98 Å². The molecular formula is C39H42FGeIrN3O-2. The molecule has 4 aromatic heterocycles. The third-order valence-electron chi connectivity index (χ3n) is 7.61. The van der Waals surface area contributed by atoms with Crippen LogP contribution < -0.4 is 4.40 Å². The number of furan rings is 1. The Hall–Kier alpha value is -3.19. The van der Waals surface area contributed by atoms with E-state index in [0.29, 0.717) is 17.3 Å². The minimum absolute atomic E-state index is 0. The summed E-state index contributed by atoms with van der Waals surface area (Å²) in [6, 6.07) is 22.1. The van der Waals surface area contributed by atoms with E-state index in [1.165, 1.54) is 16.0 Å². The van der Waals surface area contributed by atoms with Crippen LogP contribution in [0.2, 0.25) is 17.3 Å². The Kier molecular flexibility index (Phi) is 9.64. The third-order valence-corrected chi connectivity index (χ3v) is 11.9. The van der Waals surface area contributed by atoms with Gasteiger partial charge >= 0.3 is 140 Å². The molecule has 6 aromatic rings. The summed E-state index contributed by atoms with van der Waals surface area (Å²) in [6.07, 6.45) is 4.54. The largest absolute Gasteiger partial charge is 0 e. The first-order valence-electron chi connectivity index (χ1n) is 17.2. The zero-order valence-electron chi connectivity index (χ0n) is 31.6. The van der Waals surface area contributed by atoms with E-state index in [9.17, 15) is 4.39 Å². The molecule has 0 spiro atoms. The maximum atomic E-state index is 14.5. The predicted octanol–water partition coefficient (Wildman–Crippen LogP) is 10.0. The molecule has 0 aliphatic carbocycles. The minimum atomic E-state index is -2.34. The fourth-order valence-electron chi connectivity index (χ4n) is 5.37. The molecule has 241 valence electrons. The number of rotatable bonds is 6. The van der Waals surface area contributed by atoms with E-state index in [4.69, 9.17) is 9.90 Å². The SMILES string of the molecule is [2H]C(C)(C)c1ccnc(-c2[c-]ccc3c2oc2nc(C)ccc23)c1.[2H]C([2H])([2H])c1c[c-]c(-c2cc(CC(C)C)[c]([Ge]([CH3])([CH3])[CH3])cn2)c(F)c1.[Ir]. The van der Waals surface area contributed by atoms with E-state index in [1.807, 2.05) is 69.4 Å². The normalized spacial score (nSPS) is 13.3. The van der Waals surface area contributed by atoms with Crippen LogP contribution in [0.25, 0.3) is 44.6 Å². The monoisotopic (exact) mass is 858 g/mol. The van der Waals surface area contributed by atoms with Crippen LogP contribution in [0.15, 0.2) is 71.4 Å². The molecule has 0 unspecified atom stereocenters. The van der Waals surface area contributed by atoms with Crippen LogP contribution in [0.1, 0.15) is 61.5 Å². The van der Waals surface area contributed by atoms with Crippen LogP contribution in [0.4, 0.5) is 4.39 Å². The zero-order chi connectivity index (χ0) is 35.9. The molecule has 1 radical (unpaired) electrons. The van der Waals surface area contributed by atoms with Gasteiger partial charge in [0.1, 0.15) is 0 Å². The van der Waals surface area contributed by atoms with Gasteiger partial charge in [-0.05, 0) is 36.7 Å². The summed E-state index contributed by atoms with van der Waals surface area (Å²) in [7, 11) is 0. The second-order valence-electron chi connectivity index (χ2n) is 13.1. The van der Waals surface area contributed by atoms with Crippen molar-refractivity contribution in [2.24, 2.45) is 5.92 Å². The van der Waals surface area contributed by atoms with Gasteiger partial charge in [-0.3, -0.25) is 0 Å². The van der Waals surface area contributed by atoms with Crippen molar-refractivity contribution in [1.82, 2.24) is 15.0 Å². The molecule has 0 fully saturated rings. The number of benzene rings is 2. The molecule has 0 saturated carbocycles. The van der Waals surface area contributed by atoms with Crippen molar-refractivity contribution in [3.05, 3.63) is 107 Å². The summed E-state index contributed by atoms with van der Waals surface area (Å²) in [5, 5.41) is 1.99. The molecule has 46 heavy (non-hydrogen) atoms. The first-order chi connectivity index (χ1) is 22.8. The topological polar surface area (TPSA) is 51.8 Å². The molecule has 0 N–H and O–H groups in total. The minimum Gasteiger partial charge on any atom is 0 e. The van der Waals surface area contributed by atoms with Gasteiger partial charge in [0, 0.05) is 38.8 Å². The zero-order valence-corrected chi connectivity index (χ0v) is 32.1. The Balaban J connectivity index is 0.000000220. The molecule has 7 heteroatoms. The first kappa shape index (κ1) is 30.2. The second-order valence-corrected chi connectivity index (χ2v) is 23.7. The van der Waals surface area contributed by atoms with Crippen molar-refractivity contribution in [1.29, 1.82) is 0 Å². The summed E-state index contributed by atoms with van der Waals surface area (Å²) in [4.78, 5) is 13.4. The molecule has 0 aliphatic heterocycles. The van der Waals surface area contributed by atoms with Gasteiger partial charge < -0.3 is 9.40 Å². The molecule has 0 amide bonds. The Morgan fingerprint density at radius 2 is 1.72 bits per heavy atom. The summed E-state index contributed by atoms with van der Waals surface area (Å²) < 4.78 is 52.2. The van der Waals surface area contributed by atoms with Crippen LogP contribution in [-0.2, 0) is 26.5 Å². The fourth-order valence-corrected chi connectivity index (χ4v) is 8.70. The van der Waals surface area contributed by atoms with E-state index in [0.717, 1.165) is 51.4 Å².